The molecule has 2 saturated heterocycles. The number of benzene rings is 1. The molecule has 0 saturated carbocycles. The van der Waals surface area contributed by atoms with Gasteiger partial charge in [-0.15, -0.1) is 0 Å². The third kappa shape index (κ3) is 4.59. The summed E-state index contributed by atoms with van der Waals surface area (Å²) >= 11 is 0. The molecule has 2 amide bonds. The monoisotopic (exact) mass is 360 g/mol. The minimum Gasteiger partial charge on any atom is -0.459 e. The van der Waals surface area contributed by atoms with E-state index in [1.54, 1.807) is 24.3 Å². The van der Waals surface area contributed by atoms with Crippen LogP contribution in [-0.4, -0.2) is 35.8 Å². The van der Waals surface area contributed by atoms with E-state index in [4.69, 9.17) is 9.47 Å². The van der Waals surface area contributed by atoms with Crippen molar-refractivity contribution >= 4 is 23.8 Å². The van der Waals surface area contributed by atoms with Crippen molar-refractivity contribution in [1.82, 2.24) is 10.6 Å². The molecular weight excluding hydrogens is 340 g/mol. The van der Waals surface area contributed by atoms with Gasteiger partial charge in [0.1, 0.15) is 25.3 Å². The molecule has 2 aliphatic heterocycles. The molecule has 0 spiro atoms. The minimum absolute atomic E-state index is 0.110. The van der Waals surface area contributed by atoms with Crippen molar-refractivity contribution in [1.29, 1.82) is 0 Å². The molecule has 8 nitrogen and oxygen atoms in total. The van der Waals surface area contributed by atoms with Crippen LogP contribution in [0.3, 0.4) is 0 Å². The summed E-state index contributed by atoms with van der Waals surface area (Å²) in [6, 6.07) is 6.00. The van der Waals surface area contributed by atoms with Crippen molar-refractivity contribution in [3.05, 3.63) is 35.4 Å². The van der Waals surface area contributed by atoms with E-state index >= 15 is 0 Å². The van der Waals surface area contributed by atoms with Gasteiger partial charge in [-0.1, -0.05) is 24.3 Å². The number of hydrogen-bond donors (Lipinski definition) is 2. The highest BCUT2D eigenvalue weighted by atomic mass is 16.5. The van der Waals surface area contributed by atoms with Gasteiger partial charge in [-0.2, -0.15) is 0 Å². The number of carbonyl (C=O) groups excluding carboxylic acids is 4. The fourth-order valence-corrected chi connectivity index (χ4v) is 2.82. The maximum absolute atomic E-state index is 11.8. The Bertz CT molecular complexity index is 654. The lowest BCUT2D eigenvalue weighted by Gasteiger charge is -2.11. The molecule has 2 atom stereocenters. The molecule has 26 heavy (non-hydrogen) atoms. The first-order valence-corrected chi connectivity index (χ1v) is 8.51. The molecule has 0 aliphatic carbocycles. The third-order valence-corrected chi connectivity index (χ3v) is 4.34. The second-order valence-corrected chi connectivity index (χ2v) is 6.35. The van der Waals surface area contributed by atoms with Crippen LogP contribution in [0.1, 0.15) is 36.8 Å². The Hall–Kier alpha value is -2.90. The van der Waals surface area contributed by atoms with E-state index in [0.29, 0.717) is 25.7 Å². The zero-order valence-electron chi connectivity index (χ0n) is 14.2. The van der Waals surface area contributed by atoms with Gasteiger partial charge in [-0.3, -0.25) is 9.59 Å². The largest absolute Gasteiger partial charge is 0.459 e. The van der Waals surface area contributed by atoms with Crippen LogP contribution in [0.5, 0.6) is 0 Å². The van der Waals surface area contributed by atoms with Crippen LogP contribution < -0.4 is 10.6 Å². The molecule has 2 aliphatic rings. The Morgan fingerprint density at radius 2 is 1.19 bits per heavy atom. The van der Waals surface area contributed by atoms with Gasteiger partial charge in [0, 0.05) is 12.8 Å². The standard InChI is InChI=1S/C18H20N2O6/c21-15-7-5-13(19-15)17(23)25-9-11-1-2-12(4-3-11)10-26-18(24)14-6-8-16(22)20-14/h1-4,13-14H,5-10H2,(H,19,21)(H,20,22). The molecule has 0 bridgehead atoms. The topological polar surface area (TPSA) is 111 Å². The number of ether oxygens (including phenoxy) is 2. The molecule has 0 radical (unpaired) electrons. The van der Waals surface area contributed by atoms with Gasteiger partial charge in [0.25, 0.3) is 0 Å². The summed E-state index contributed by atoms with van der Waals surface area (Å²) < 4.78 is 10.4. The van der Waals surface area contributed by atoms with Crippen molar-refractivity contribution in [2.24, 2.45) is 0 Å². The normalized spacial score (nSPS) is 21.8. The maximum atomic E-state index is 11.8. The first-order valence-electron chi connectivity index (χ1n) is 8.51. The van der Waals surface area contributed by atoms with Gasteiger partial charge in [-0.05, 0) is 24.0 Å². The van der Waals surface area contributed by atoms with Crippen molar-refractivity contribution in [2.45, 2.75) is 51.0 Å². The van der Waals surface area contributed by atoms with Crippen molar-refractivity contribution in [2.75, 3.05) is 0 Å². The van der Waals surface area contributed by atoms with E-state index in [1.165, 1.54) is 0 Å². The van der Waals surface area contributed by atoms with E-state index in [2.05, 4.69) is 10.6 Å². The Morgan fingerprint density at radius 3 is 1.50 bits per heavy atom. The number of carbonyl (C=O) groups is 4. The van der Waals surface area contributed by atoms with Crippen LogP contribution in [0, 0.1) is 0 Å². The molecule has 1 aromatic carbocycles. The van der Waals surface area contributed by atoms with E-state index in [9.17, 15) is 19.2 Å². The number of amides is 2. The fraction of sp³-hybridized carbons (Fsp3) is 0.444. The van der Waals surface area contributed by atoms with Crippen LogP contribution in [0.25, 0.3) is 0 Å². The summed E-state index contributed by atoms with van der Waals surface area (Å²) in [5.41, 5.74) is 1.58. The van der Waals surface area contributed by atoms with E-state index in [1.807, 2.05) is 0 Å². The average molecular weight is 360 g/mol. The van der Waals surface area contributed by atoms with Gasteiger partial charge in [0.15, 0.2) is 0 Å². The minimum atomic E-state index is -0.558. The Morgan fingerprint density at radius 1 is 0.808 bits per heavy atom. The molecule has 2 fully saturated rings. The molecular formula is C18H20N2O6. The van der Waals surface area contributed by atoms with Crippen molar-refractivity contribution in [3.8, 4) is 0 Å². The number of hydrogen-bond acceptors (Lipinski definition) is 6. The summed E-state index contributed by atoms with van der Waals surface area (Å²) in [5, 5.41) is 5.13. The summed E-state index contributed by atoms with van der Waals surface area (Å²) in [4.78, 5) is 45.9. The van der Waals surface area contributed by atoms with Gasteiger partial charge >= 0.3 is 11.9 Å². The van der Waals surface area contributed by atoms with E-state index in [-0.39, 0.29) is 25.0 Å². The van der Waals surface area contributed by atoms with Crippen molar-refractivity contribution < 1.29 is 28.7 Å². The molecule has 2 N–H and O–H groups in total. The lowest BCUT2D eigenvalue weighted by Crippen LogP contribution is -2.34. The molecule has 2 unspecified atom stereocenters. The Balaban J connectivity index is 1.41. The molecule has 3 rings (SSSR count). The summed E-state index contributed by atoms with van der Waals surface area (Å²) in [6.45, 7) is 0.221. The Labute approximate surface area is 150 Å². The first kappa shape index (κ1) is 17.9. The first-order chi connectivity index (χ1) is 12.5. The second kappa shape index (κ2) is 7.99. The highest BCUT2D eigenvalue weighted by Gasteiger charge is 2.29. The quantitative estimate of drug-likeness (QED) is 0.708. The lowest BCUT2D eigenvalue weighted by atomic mass is 10.1. The molecule has 1 aromatic rings. The number of esters is 2. The van der Waals surface area contributed by atoms with E-state index < -0.39 is 24.0 Å². The average Bonchev–Trinajstić information content (AvgIpc) is 3.27. The Kier molecular flexibility index (Phi) is 5.50. The van der Waals surface area contributed by atoms with Gasteiger partial charge in [0.05, 0.1) is 0 Å². The van der Waals surface area contributed by atoms with Crippen LogP contribution in [-0.2, 0) is 41.9 Å². The summed E-state index contributed by atoms with van der Waals surface area (Å²) in [6.07, 6.45) is 1.61. The lowest BCUT2D eigenvalue weighted by molar-refractivity contribution is -0.148. The van der Waals surface area contributed by atoms with Crippen molar-refractivity contribution in [3.63, 3.8) is 0 Å². The van der Waals surface area contributed by atoms with E-state index in [0.717, 1.165) is 11.1 Å². The molecule has 8 heteroatoms. The third-order valence-electron chi connectivity index (χ3n) is 4.34. The zero-order valence-corrected chi connectivity index (χ0v) is 14.2. The van der Waals surface area contributed by atoms with Crippen LogP contribution in [0.15, 0.2) is 24.3 Å². The van der Waals surface area contributed by atoms with Crippen LogP contribution in [0.4, 0.5) is 0 Å². The zero-order chi connectivity index (χ0) is 18.5. The number of nitrogens with one attached hydrogen (secondary N) is 2. The molecule has 138 valence electrons. The molecule has 2 heterocycles. The van der Waals surface area contributed by atoms with Gasteiger partial charge < -0.3 is 20.1 Å². The fourth-order valence-electron chi connectivity index (χ4n) is 2.82. The maximum Gasteiger partial charge on any atom is 0.328 e. The summed E-state index contributed by atoms with van der Waals surface area (Å²) in [7, 11) is 0. The van der Waals surface area contributed by atoms with Crippen LogP contribution >= 0.6 is 0 Å². The highest BCUT2D eigenvalue weighted by Crippen LogP contribution is 2.13. The summed E-state index contributed by atoms with van der Waals surface area (Å²) in [5.74, 6) is -1.15. The second-order valence-electron chi connectivity index (χ2n) is 6.35. The smallest absolute Gasteiger partial charge is 0.328 e. The predicted molar refractivity (Wildman–Crippen MR) is 88.4 cm³/mol. The highest BCUT2D eigenvalue weighted by molar-refractivity contribution is 5.88. The predicted octanol–water partition coefficient (Wildman–Crippen LogP) is 0.330. The van der Waals surface area contributed by atoms with Crippen LogP contribution in [0.2, 0.25) is 0 Å². The van der Waals surface area contributed by atoms with Gasteiger partial charge in [-0.25, -0.2) is 9.59 Å². The van der Waals surface area contributed by atoms with Gasteiger partial charge in [0.2, 0.25) is 11.8 Å². The SMILES string of the molecule is O=C1CCC(C(=O)OCc2ccc(COC(=O)C3CCC(=O)N3)cc2)N1. The molecule has 0 aromatic heterocycles. The number of rotatable bonds is 6.